The highest BCUT2D eigenvalue weighted by molar-refractivity contribution is 9.11. The maximum absolute atomic E-state index is 10.1. The third-order valence-electron chi connectivity index (χ3n) is 0.954. The van der Waals surface area contributed by atoms with Crippen LogP contribution in [0.3, 0.4) is 0 Å². The van der Waals surface area contributed by atoms with E-state index in [0.29, 0.717) is 5.13 Å². The van der Waals surface area contributed by atoms with Crippen LogP contribution in [0, 0.1) is 6.92 Å². The first-order valence-electron chi connectivity index (χ1n) is 2.72. The highest BCUT2D eigenvalue weighted by Crippen LogP contribution is 2.27. The third-order valence-corrected chi connectivity index (χ3v) is 2.87. The van der Waals surface area contributed by atoms with Gasteiger partial charge in [-0.15, -0.1) is 0 Å². The van der Waals surface area contributed by atoms with E-state index in [0.717, 1.165) is 9.48 Å². The first kappa shape index (κ1) is 8.48. The van der Waals surface area contributed by atoms with Gasteiger partial charge in [0.1, 0.15) is 0 Å². The molecule has 0 saturated carbocycles. The lowest BCUT2D eigenvalue weighted by Gasteiger charge is -1.89. The number of thiazole rings is 1. The molecular weight excluding hydrogens is 232 g/mol. The predicted octanol–water partition coefficient (Wildman–Crippen LogP) is 2.30. The molecule has 60 valence electrons. The Balaban J connectivity index is 2.81. The summed E-state index contributed by atoms with van der Waals surface area (Å²) in [6, 6.07) is 0. The van der Waals surface area contributed by atoms with Gasteiger partial charge in [0.05, 0.1) is 9.48 Å². The first-order valence-corrected chi connectivity index (χ1v) is 4.33. The molecule has 0 fully saturated rings. The summed E-state index contributed by atoms with van der Waals surface area (Å²) >= 11 is 4.49. The smallest absolute Gasteiger partial charge is 0.410 e. The van der Waals surface area contributed by atoms with Crippen LogP contribution in [-0.2, 0) is 0 Å². The minimum Gasteiger partial charge on any atom is -0.465 e. The zero-order valence-electron chi connectivity index (χ0n) is 5.59. The normalized spacial score (nSPS) is 9.64. The number of aryl methyl sites for hydroxylation is 1. The number of amides is 1. The van der Waals surface area contributed by atoms with Gasteiger partial charge >= 0.3 is 6.09 Å². The molecule has 4 nitrogen and oxygen atoms in total. The van der Waals surface area contributed by atoms with Crippen LogP contribution in [-0.4, -0.2) is 16.2 Å². The van der Waals surface area contributed by atoms with Gasteiger partial charge in [0.25, 0.3) is 0 Å². The van der Waals surface area contributed by atoms with Gasteiger partial charge in [0.2, 0.25) is 0 Å². The number of anilines is 1. The lowest BCUT2D eigenvalue weighted by atomic mass is 10.6. The Kier molecular flexibility index (Phi) is 2.45. The molecule has 2 N–H and O–H groups in total. The van der Waals surface area contributed by atoms with Crippen LogP contribution in [0.5, 0.6) is 0 Å². The summed E-state index contributed by atoms with van der Waals surface area (Å²) in [5, 5.41) is 10.9. The fourth-order valence-corrected chi connectivity index (χ4v) is 1.76. The zero-order chi connectivity index (χ0) is 8.43. The number of hydrogen-bond donors (Lipinski definition) is 2. The van der Waals surface area contributed by atoms with Gasteiger partial charge in [-0.05, 0) is 22.9 Å². The van der Waals surface area contributed by atoms with Crippen molar-refractivity contribution in [2.75, 3.05) is 5.32 Å². The predicted molar refractivity (Wildman–Crippen MR) is 46.2 cm³/mol. The lowest BCUT2D eigenvalue weighted by Crippen LogP contribution is -2.06. The van der Waals surface area contributed by atoms with Crippen molar-refractivity contribution in [1.29, 1.82) is 0 Å². The van der Waals surface area contributed by atoms with Crippen molar-refractivity contribution < 1.29 is 9.90 Å². The molecule has 0 aliphatic rings. The Bertz CT molecular complexity index is 267. The molecule has 0 bridgehead atoms. The molecule has 1 rings (SSSR count). The molecule has 1 aromatic rings. The Labute approximate surface area is 75.4 Å². The average Bonchev–Trinajstić information content (AvgIpc) is 2.10. The number of nitrogens with zero attached hydrogens (tertiary/aromatic N) is 1. The molecule has 0 saturated heterocycles. The molecule has 1 amide bonds. The summed E-state index contributed by atoms with van der Waals surface area (Å²) < 4.78 is 0.848. The van der Waals surface area contributed by atoms with Crippen LogP contribution in [0.4, 0.5) is 9.93 Å². The van der Waals surface area contributed by atoms with Crippen LogP contribution < -0.4 is 5.32 Å². The Morgan fingerprint density at radius 3 is 2.82 bits per heavy atom. The van der Waals surface area contributed by atoms with Gasteiger partial charge in [-0.3, -0.25) is 5.32 Å². The molecule has 0 aromatic carbocycles. The van der Waals surface area contributed by atoms with E-state index in [-0.39, 0.29) is 0 Å². The molecule has 0 aliphatic carbocycles. The maximum Gasteiger partial charge on any atom is 0.410 e. The van der Waals surface area contributed by atoms with E-state index >= 15 is 0 Å². The van der Waals surface area contributed by atoms with Gasteiger partial charge in [0.15, 0.2) is 5.13 Å². The monoisotopic (exact) mass is 236 g/mol. The molecular formula is C5H5BrN2O2S. The lowest BCUT2D eigenvalue weighted by molar-refractivity contribution is 0.209. The van der Waals surface area contributed by atoms with Crippen LogP contribution in [0.2, 0.25) is 0 Å². The highest BCUT2D eigenvalue weighted by Gasteiger charge is 2.05. The number of aromatic nitrogens is 1. The van der Waals surface area contributed by atoms with Crippen LogP contribution >= 0.6 is 27.3 Å². The quantitative estimate of drug-likeness (QED) is 0.787. The number of halogens is 1. The van der Waals surface area contributed by atoms with Gasteiger partial charge in [-0.25, -0.2) is 9.78 Å². The second-order valence-electron chi connectivity index (χ2n) is 1.81. The van der Waals surface area contributed by atoms with Crippen molar-refractivity contribution >= 4 is 38.5 Å². The van der Waals surface area contributed by atoms with Crippen molar-refractivity contribution in [3.8, 4) is 0 Å². The van der Waals surface area contributed by atoms with E-state index in [1.54, 1.807) is 6.92 Å². The van der Waals surface area contributed by atoms with E-state index in [4.69, 9.17) is 5.11 Å². The largest absolute Gasteiger partial charge is 0.465 e. The fourth-order valence-electron chi connectivity index (χ4n) is 0.523. The maximum atomic E-state index is 10.1. The second kappa shape index (κ2) is 3.19. The highest BCUT2D eigenvalue weighted by atomic mass is 79.9. The van der Waals surface area contributed by atoms with E-state index < -0.39 is 6.09 Å². The molecule has 0 aliphatic heterocycles. The van der Waals surface area contributed by atoms with Gasteiger partial charge in [-0.2, -0.15) is 0 Å². The third kappa shape index (κ3) is 2.16. The molecule has 0 radical (unpaired) electrons. The standard InChI is InChI=1S/C5H5BrN2O2S/c1-2-3(6)11-4(7-2)8-5(9)10/h1H3,(H,7,8)(H,9,10). The van der Waals surface area contributed by atoms with Crippen LogP contribution in [0.25, 0.3) is 0 Å². The van der Waals surface area contributed by atoms with Gasteiger partial charge in [0, 0.05) is 0 Å². The van der Waals surface area contributed by atoms with Crippen molar-refractivity contribution in [2.24, 2.45) is 0 Å². The topological polar surface area (TPSA) is 62.2 Å². The summed E-state index contributed by atoms with van der Waals surface area (Å²) in [4.78, 5) is 14.1. The zero-order valence-corrected chi connectivity index (χ0v) is 7.99. The molecule has 0 spiro atoms. The average molecular weight is 237 g/mol. The number of hydrogen-bond acceptors (Lipinski definition) is 3. The second-order valence-corrected chi connectivity index (χ2v) is 4.13. The molecule has 0 unspecified atom stereocenters. The summed E-state index contributed by atoms with van der Waals surface area (Å²) in [5.74, 6) is 0. The van der Waals surface area contributed by atoms with Gasteiger partial charge < -0.3 is 5.11 Å². The minimum atomic E-state index is -1.09. The van der Waals surface area contributed by atoms with Crippen LogP contribution in [0.15, 0.2) is 3.79 Å². The number of carboxylic acid groups (broad SMARTS) is 1. The Morgan fingerprint density at radius 1 is 1.82 bits per heavy atom. The van der Waals surface area contributed by atoms with E-state index in [9.17, 15) is 4.79 Å². The van der Waals surface area contributed by atoms with Gasteiger partial charge in [-0.1, -0.05) is 11.3 Å². The van der Waals surface area contributed by atoms with Crippen LogP contribution in [0.1, 0.15) is 5.69 Å². The van der Waals surface area contributed by atoms with Crippen molar-refractivity contribution in [2.45, 2.75) is 6.92 Å². The van der Waals surface area contributed by atoms with E-state index in [1.165, 1.54) is 11.3 Å². The SMILES string of the molecule is Cc1nc(NC(=O)O)sc1Br. The molecule has 1 heterocycles. The van der Waals surface area contributed by atoms with Crippen molar-refractivity contribution in [3.63, 3.8) is 0 Å². The van der Waals surface area contributed by atoms with E-state index in [1.807, 2.05) is 0 Å². The number of rotatable bonds is 1. The van der Waals surface area contributed by atoms with E-state index in [2.05, 4.69) is 26.2 Å². The molecule has 11 heavy (non-hydrogen) atoms. The number of carbonyl (C=O) groups is 1. The van der Waals surface area contributed by atoms with Crippen molar-refractivity contribution in [3.05, 3.63) is 9.48 Å². The molecule has 6 heteroatoms. The summed E-state index contributed by atoms with van der Waals surface area (Å²) in [6.07, 6.45) is -1.09. The summed E-state index contributed by atoms with van der Waals surface area (Å²) in [7, 11) is 0. The fraction of sp³-hybridized carbons (Fsp3) is 0.200. The van der Waals surface area contributed by atoms with Crippen molar-refractivity contribution in [1.82, 2.24) is 4.98 Å². The summed E-state index contributed by atoms with van der Waals surface area (Å²) in [6.45, 7) is 1.80. The molecule has 1 aromatic heterocycles. The molecule has 0 atom stereocenters. The Hall–Kier alpha value is -0.620. The number of nitrogens with one attached hydrogen (secondary N) is 1. The summed E-state index contributed by atoms with van der Waals surface area (Å²) in [5.41, 5.74) is 0.791. The Morgan fingerprint density at radius 2 is 2.45 bits per heavy atom. The first-order chi connectivity index (χ1) is 5.09. The minimum absolute atomic E-state index is 0.391.